The number of fused-ring (bicyclic) bond motifs is 1. The van der Waals surface area contributed by atoms with E-state index < -0.39 is 0 Å². The lowest BCUT2D eigenvalue weighted by molar-refractivity contribution is -0.139. The first-order chi connectivity index (χ1) is 8.10. The molecule has 0 amide bonds. The summed E-state index contributed by atoms with van der Waals surface area (Å²) in [6, 6.07) is 5.59. The Labute approximate surface area is 112 Å². The minimum Gasteiger partial charge on any atom is -0.468 e. The van der Waals surface area contributed by atoms with Crippen LogP contribution in [0.5, 0.6) is 0 Å². The van der Waals surface area contributed by atoms with Gasteiger partial charge in [0.25, 0.3) is 0 Å². The van der Waals surface area contributed by atoms with Gasteiger partial charge in [0, 0.05) is 5.02 Å². The van der Waals surface area contributed by atoms with Gasteiger partial charge in [-0.1, -0.05) is 23.4 Å². The molecule has 1 atom stereocenters. The highest BCUT2D eigenvalue weighted by Gasteiger charge is 2.17. The van der Waals surface area contributed by atoms with Gasteiger partial charge in [0.15, 0.2) is 4.34 Å². The van der Waals surface area contributed by atoms with Crippen molar-refractivity contribution < 1.29 is 9.53 Å². The Kier molecular flexibility index (Phi) is 3.91. The molecule has 0 fully saturated rings. The van der Waals surface area contributed by atoms with Crippen molar-refractivity contribution in [2.45, 2.75) is 16.5 Å². The fourth-order valence-corrected chi connectivity index (χ4v) is 3.68. The summed E-state index contributed by atoms with van der Waals surface area (Å²) in [6.07, 6.45) is 0. The Hall–Kier alpha value is -0.780. The number of esters is 1. The predicted octanol–water partition coefficient (Wildman–Crippen LogP) is 3.60. The molecule has 0 bridgehead atoms. The lowest BCUT2D eigenvalue weighted by atomic mass is 10.3. The maximum Gasteiger partial charge on any atom is 0.318 e. The summed E-state index contributed by atoms with van der Waals surface area (Å²) in [5, 5.41) is 0.413. The van der Waals surface area contributed by atoms with Gasteiger partial charge in [0.1, 0.15) is 5.25 Å². The number of thioether (sulfide) groups is 1. The van der Waals surface area contributed by atoms with Crippen LogP contribution in [0.15, 0.2) is 22.5 Å². The van der Waals surface area contributed by atoms with Crippen molar-refractivity contribution in [1.82, 2.24) is 4.98 Å². The summed E-state index contributed by atoms with van der Waals surface area (Å²) >= 11 is 8.84. The van der Waals surface area contributed by atoms with E-state index in [1.54, 1.807) is 18.3 Å². The summed E-state index contributed by atoms with van der Waals surface area (Å²) < 4.78 is 6.58. The number of thiazole rings is 1. The van der Waals surface area contributed by atoms with Crippen LogP contribution in [0.2, 0.25) is 5.02 Å². The van der Waals surface area contributed by atoms with Gasteiger partial charge < -0.3 is 4.74 Å². The second kappa shape index (κ2) is 5.25. The van der Waals surface area contributed by atoms with E-state index in [1.807, 2.05) is 18.2 Å². The van der Waals surface area contributed by atoms with Gasteiger partial charge in [0.05, 0.1) is 17.3 Å². The molecule has 6 heteroatoms. The van der Waals surface area contributed by atoms with E-state index in [-0.39, 0.29) is 11.2 Å². The molecule has 0 aliphatic carbocycles. The molecule has 17 heavy (non-hydrogen) atoms. The monoisotopic (exact) mass is 287 g/mol. The topological polar surface area (TPSA) is 39.2 Å². The average Bonchev–Trinajstić information content (AvgIpc) is 2.69. The minimum atomic E-state index is -0.254. The number of hydrogen-bond donors (Lipinski definition) is 0. The molecule has 0 radical (unpaired) electrons. The molecule has 2 aromatic rings. The van der Waals surface area contributed by atoms with Crippen LogP contribution in [0.4, 0.5) is 0 Å². The number of methoxy groups -OCH3 is 1. The molecular formula is C11H10ClNO2S2. The molecule has 0 N–H and O–H groups in total. The molecule has 0 saturated carbocycles. The lowest BCUT2D eigenvalue weighted by Crippen LogP contribution is -2.14. The van der Waals surface area contributed by atoms with Gasteiger partial charge in [-0.15, -0.1) is 11.3 Å². The van der Waals surface area contributed by atoms with Crippen LogP contribution in [0.1, 0.15) is 6.92 Å². The van der Waals surface area contributed by atoms with Crippen LogP contribution in [0.3, 0.4) is 0 Å². The van der Waals surface area contributed by atoms with E-state index in [1.165, 1.54) is 18.9 Å². The van der Waals surface area contributed by atoms with Crippen LogP contribution in [-0.2, 0) is 9.53 Å². The summed E-state index contributed by atoms with van der Waals surface area (Å²) in [4.78, 5) is 15.7. The van der Waals surface area contributed by atoms with E-state index in [2.05, 4.69) is 9.72 Å². The fraction of sp³-hybridized carbons (Fsp3) is 0.273. The van der Waals surface area contributed by atoms with Crippen molar-refractivity contribution in [3.8, 4) is 0 Å². The van der Waals surface area contributed by atoms with E-state index in [0.717, 1.165) is 14.6 Å². The lowest BCUT2D eigenvalue weighted by Gasteiger charge is -2.05. The Morgan fingerprint density at radius 2 is 2.35 bits per heavy atom. The van der Waals surface area contributed by atoms with Crippen LogP contribution in [0.25, 0.3) is 10.2 Å². The molecular weight excluding hydrogens is 278 g/mol. The number of carbonyl (C=O) groups is 1. The molecule has 1 aromatic carbocycles. The molecule has 90 valence electrons. The van der Waals surface area contributed by atoms with E-state index in [0.29, 0.717) is 5.02 Å². The zero-order chi connectivity index (χ0) is 12.4. The Bertz CT molecular complexity index is 555. The van der Waals surface area contributed by atoms with Crippen LogP contribution < -0.4 is 0 Å². The molecule has 0 unspecified atom stereocenters. The average molecular weight is 288 g/mol. The van der Waals surface area contributed by atoms with Crippen molar-refractivity contribution >= 4 is 50.9 Å². The van der Waals surface area contributed by atoms with Crippen LogP contribution >= 0.6 is 34.7 Å². The number of nitrogens with zero attached hydrogens (tertiary/aromatic N) is 1. The van der Waals surface area contributed by atoms with E-state index in [9.17, 15) is 4.79 Å². The first-order valence-corrected chi connectivity index (χ1v) is 6.98. The molecule has 0 spiro atoms. The highest BCUT2D eigenvalue weighted by Crippen LogP contribution is 2.33. The van der Waals surface area contributed by atoms with Gasteiger partial charge in [-0.05, 0) is 25.1 Å². The Morgan fingerprint density at radius 3 is 3.06 bits per heavy atom. The first-order valence-electron chi connectivity index (χ1n) is 4.90. The van der Waals surface area contributed by atoms with Crippen molar-refractivity contribution in [1.29, 1.82) is 0 Å². The number of rotatable bonds is 3. The maximum absolute atomic E-state index is 11.3. The quantitative estimate of drug-likeness (QED) is 0.639. The van der Waals surface area contributed by atoms with Gasteiger partial charge in [0.2, 0.25) is 0 Å². The van der Waals surface area contributed by atoms with Crippen LogP contribution in [-0.4, -0.2) is 23.3 Å². The number of aromatic nitrogens is 1. The number of halogens is 1. The minimum absolute atomic E-state index is 0.243. The number of benzene rings is 1. The largest absolute Gasteiger partial charge is 0.468 e. The maximum atomic E-state index is 11.3. The van der Waals surface area contributed by atoms with Gasteiger partial charge in [-0.2, -0.15) is 0 Å². The number of carbonyl (C=O) groups excluding carboxylic acids is 1. The van der Waals surface area contributed by atoms with Crippen molar-refractivity contribution in [3.05, 3.63) is 23.2 Å². The highest BCUT2D eigenvalue weighted by molar-refractivity contribution is 8.02. The third-order valence-electron chi connectivity index (χ3n) is 2.14. The molecule has 3 nitrogen and oxygen atoms in total. The van der Waals surface area contributed by atoms with Crippen LogP contribution in [0, 0.1) is 0 Å². The summed E-state index contributed by atoms with van der Waals surface area (Å²) in [5.74, 6) is -0.243. The SMILES string of the molecule is COC(=O)[C@@H](C)Sc1nc2cc(Cl)ccc2s1. The molecule has 0 aliphatic rings. The number of hydrogen-bond acceptors (Lipinski definition) is 5. The van der Waals surface area contributed by atoms with Crippen molar-refractivity contribution in [3.63, 3.8) is 0 Å². The third-order valence-corrected chi connectivity index (χ3v) is 4.58. The zero-order valence-electron chi connectivity index (χ0n) is 9.27. The van der Waals surface area contributed by atoms with Crippen molar-refractivity contribution in [2.24, 2.45) is 0 Å². The second-order valence-electron chi connectivity index (χ2n) is 3.38. The summed E-state index contributed by atoms with van der Waals surface area (Å²) in [5.41, 5.74) is 0.863. The molecule has 2 rings (SSSR count). The van der Waals surface area contributed by atoms with Crippen molar-refractivity contribution in [2.75, 3.05) is 7.11 Å². The standard InChI is InChI=1S/C11H10ClNO2S2/c1-6(10(14)15-2)16-11-13-8-5-7(12)3-4-9(8)17-11/h3-6H,1-2H3/t6-/m1/s1. The van der Waals surface area contributed by atoms with Gasteiger partial charge in [-0.3, -0.25) is 4.79 Å². The first kappa shape index (κ1) is 12.7. The van der Waals surface area contributed by atoms with Gasteiger partial charge >= 0.3 is 5.97 Å². The Morgan fingerprint density at radius 1 is 1.59 bits per heavy atom. The van der Waals surface area contributed by atoms with Gasteiger partial charge in [-0.25, -0.2) is 4.98 Å². The normalized spacial score (nSPS) is 12.6. The third kappa shape index (κ3) is 2.91. The summed E-state index contributed by atoms with van der Waals surface area (Å²) in [6.45, 7) is 1.80. The highest BCUT2D eigenvalue weighted by atomic mass is 35.5. The molecule has 0 aliphatic heterocycles. The fourth-order valence-electron chi connectivity index (χ4n) is 1.30. The summed E-state index contributed by atoms with van der Waals surface area (Å²) in [7, 11) is 1.39. The molecule has 0 saturated heterocycles. The smallest absolute Gasteiger partial charge is 0.318 e. The Balaban J connectivity index is 2.22. The second-order valence-corrected chi connectivity index (χ2v) is 6.43. The number of ether oxygens (including phenoxy) is 1. The molecule has 1 heterocycles. The van der Waals surface area contributed by atoms with E-state index in [4.69, 9.17) is 11.6 Å². The molecule has 1 aromatic heterocycles. The predicted molar refractivity (Wildman–Crippen MR) is 72.0 cm³/mol. The zero-order valence-corrected chi connectivity index (χ0v) is 11.7. The van der Waals surface area contributed by atoms with E-state index >= 15 is 0 Å².